The molecule has 1 aromatic carbocycles. The second-order valence-electron chi connectivity index (χ2n) is 7.47. The highest BCUT2D eigenvalue weighted by Crippen LogP contribution is 2.30. The Morgan fingerprint density at radius 2 is 2.07 bits per heavy atom. The number of morpholine rings is 1. The maximum Gasteiger partial charge on any atom is 0.270 e. The van der Waals surface area contributed by atoms with Crippen LogP contribution >= 0.6 is 0 Å². The first-order valence-corrected chi connectivity index (χ1v) is 11.8. The van der Waals surface area contributed by atoms with Crippen LogP contribution in [-0.2, 0) is 14.6 Å². The molecule has 1 atom stereocenters. The summed E-state index contributed by atoms with van der Waals surface area (Å²) in [7, 11) is -3.16. The topological polar surface area (TPSA) is 110 Å². The van der Waals surface area contributed by atoms with Crippen LogP contribution in [0, 0.1) is 10.1 Å². The van der Waals surface area contributed by atoms with Crippen molar-refractivity contribution in [3.63, 3.8) is 0 Å². The molecule has 0 saturated carbocycles. The van der Waals surface area contributed by atoms with E-state index in [9.17, 15) is 23.3 Å². The summed E-state index contributed by atoms with van der Waals surface area (Å²) in [5.41, 5.74) is 0.729. The Morgan fingerprint density at radius 1 is 1.34 bits per heavy atom. The van der Waals surface area contributed by atoms with Gasteiger partial charge in [-0.05, 0) is 18.9 Å². The Morgan fingerprint density at radius 3 is 2.66 bits per heavy atom. The largest absolute Gasteiger partial charge is 0.378 e. The van der Waals surface area contributed by atoms with Crippen LogP contribution in [-0.4, -0.2) is 74.5 Å². The fourth-order valence-corrected chi connectivity index (χ4v) is 5.57. The minimum atomic E-state index is -3.16. The minimum absolute atomic E-state index is 0.0513. The van der Waals surface area contributed by atoms with E-state index >= 15 is 0 Å². The highest BCUT2D eigenvalue weighted by molar-refractivity contribution is 7.91. The van der Waals surface area contributed by atoms with E-state index in [0.29, 0.717) is 45.0 Å². The molecule has 3 rings (SSSR count). The van der Waals surface area contributed by atoms with Gasteiger partial charge < -0.3 is 14.5 Å². The van der Waals surface area contributed by atoms with Crippen LogP contribution in [0.3, 0.4) is 0 Å². The third kappa shape index (κ3) is 5.05. The molecule has 0 aromatic heterocycles. The van der Waals surface area contributed by atoms with Crippen molar-refractivity contribution in [1.82, 2.24) is 4.90 Å². The molecule has 0 radical (unpaired) electrons. The summed E-state index contributed by atoms with van der Waals surface area (Å²) in [6, 6.07) is 3.93. The number of hydrogen-bond acceptors (Lipinski definition) is 7. The van der Waals surface area contributed by atoms with Gasteiger partial charge in [0.1, 0.15) is 0 Å². The molecule has 0 bridgehead atoms. The molecule has 1 amide bonds. The number of amides is 1. The lowest BCUT2D eigenvalue weighted by Crippen LogP contribution is -2.43. The van der Waals surface area contributed by atoms with Crippen molar-refractivity contribution < 1.29 is 22.9 Å². The summed E-state index contributed by atoms with van der Waals surface area (Å²) < 4.78 is 29.3. The lowest BCUT2D eigenvalue weighted by molar-refractivity contribution is -0.384. The Hall–Kier alpha value is -2.20. The lowest BCUT2D eigenvalue weighted by atomic mass is 10.1. The molecule has 1 aromatic rings. The molecule has 9 nitrogen and oxygen atoms in total. The fourth-order valence-electron chi connectivity index (χ4n) is 3.84. The van der Waals surface area contributed by atoms with E-state index in [2.05, 4.69) is 0 Å². The first-order valence-electron chi connectivity index (χ1n) is 9.95. The van der Waals surface area contributed by atoms with Crippen LogP contribution in [0.4, 0.5) is 11.4 Å². The van der Waals surface area contributed by atoms with Crippen molar-refractivity contribution >= 4 is 27.1 Å². The van der Waals surface area contributed by atoms with E-state index in [1.165, 1.54) is 12.1 Å². The van der Waals surface area contributed by atoms with E-state index in [1.807, 2.05) is 11.8 Å². The van der Waals surface area contributed by atoms with Gasteiger partial charge in [-0.15, -0.1) is 0 Å². The number of nitro groups is 1. The predicted molar refractivity (Wildman–Crippen MR) is 109 cm³/mol. The SMILES string of the molecule is CCCCN(C(=O)c1cc([N+](=O)[O-])ccc1N1CCOCC1)C1CCS(=O)(=O)C1. The van der Waals surface area contributed by atoms with Gasteiger partial charge in [0, 0.05) is 37.8 Å². The van der Waals surface area contributed by atoms with Crippen molar-refractivity contribution in [2.24, 2.45) is 0 Å². The van der Waals surface area contributed by atoms with Crippen molar-refractivity contribution in [2.75, 3.05) is 49.3 Å². The standard InChI is InChI=1S/C19H27N3O6S/c1-2-3-7-21(16-6-12-29(26,27)14-16)19(23)17-13-15(22(24)25)4-5-18(17)20-8-10-28-11-9-20/h4-5,13,16H,2-3,6-12,14H2,1H3. The second kappa shape index (κ2) is 9.08. The molecule has 0 spiro atoms. The number of rotatable bonds is 7. The summed E-state index contributed by atoms with van der Waals surface area (Å²) in [6.45, 7) is 4.65. The van der Waals surface area contributed by atoms with Gasteiger partial charge in [-0.2, -0.15) is 0 Å². The molecule has 2 fully saturated rings. The number of anilines is 1. The fraction of sp³-hybridized carbons (Fsp3) is 0.632. The van der Waals surface area contributed by atoms with Crippen molar-refractivity contribution in [3.8, 4) is 0 Å². The van der Waals surface area contributed by atoms with Gasteiger partial charge in [0.25, 0.3) is 11.6 Å². The molecular formula is C19H27N3O6S. The number of unbranched alkanes of at least 4 members (excludes halogenated alkanes) is 1. The third-order valence-electron chi connectivity index (χ3n) is 5.44. The van der Waals surface area contributed by atoms with Crippen molar-refractivity contribution in [3.05, 3.63) is 33.9 Å². The number of carbonyl (C=O) groups is 1. The normalized spacial score (nSPS) is 21.1. The molecule has 29 heavy (non-hydrogen) atoms. The van der Waals surface area contributed by atoms with Crippen LogP contribution in [0.2, 0.25) is 0 Å². The lowest BCUT2D eigenvalue weighted by Gasteiger charge is -2.33. The van der Waals surface area contributed by atoms with Crippen LogP contribution in [0.15, 0.2) is 18.2 Å². The molecule has 2 heterocycles. The molecule has 160 valence electrons. The molecule has 1 unspecified atom stereocenters. The van der Waals surface area contributed by atoms with Gasteiger partial charge in [0.15, 0.2) is 9.84 Å². The highest BCUT2D eigenvalue weighted by atomic mass is 32.2. The predicted octanol–water partition coefficient (Wildman–Crippen LogP) is 1.86. The molecule has 2 saturated heterocycles. The molecular weight excluding hydrogens is 398 g/mol. The molecule has 0 N–H and O–H groups in total. The van der Waals surface area contributed by atoms with Crippen molar-refractivity contribution in [2.45, 2.75) is 32.2 Å². The van der Waals surface area contributed by atoms with Crippen LogP contribution in [0.1, 0.15) is 36.5 Å². The first kappa shape index (κ1) is 21.5. The van der Waals surface area contributed by atoms with Gasteiger partial charge in [-0.1, -0.05) is 13.3 Å². The van der Waals surface area contributed by atoms with E-state index in [0.717, 1.165) is 12.8 Å². The Kier molecular flexibility index (Phi) is 6.74. The maximum absolute atomic E-state index is 13.5. The van der Waals surface area contributed by atoms with E-state index < -0.39 is 20.8 Å². The molecule has 2 aliphatic rings. The first-order chi connectivity index (χ1) is 13.8. The van der Waals surface area contributed by atoms with Gasteiger partial charge in [0.05, 0.1) is 40.9 Å². The highest BCUT2D eigenvalue weighted by Gasteiger charge is 2.36. The molecule has 0 aliphatic carbocycles. The van der Waals surface area contributed by atoms with Gasteiger partial charge in [0.2, 0.25) is 0 Å². The van der Waals surface area contributed by atoms with E-state index in [-0.39, 0.29) is 28.7 Å². The maximum atomic E-state index is 13.5. The van der Waals surface area contributed by atoms with Crippen LogP contribution < -0.4 is 4.90 Å². The number of carbonyl (C=O) groups excluding carboxylic acids is 1. The van der Waals surface area contributed by atoms with Crippen LogP contribution in [0.25, 0.3) is 0 Å². The average molecular weight is 426 g/mol. The zero-order valence-corrected chi connectivity index (χ0v) is 17.4. The zero-order chi connectivity index (χ0) is 21.0. The second-order valence-corrected chi connectivity index (χ2v) is 9.70. The van der Waals surface area contributed by atoms with Crippen LogP contribution in [0.5, 0.6) is 0 Å². The quantitative estimate of drug-likeness (QED) is 0.484. The average Bonchev–Trinajstić information content (AvgIpc) is 3.07. The number of benzene rings is 1. The van der Waals surface area contributed by atoms with Gasteiger partial charge in [-0.25, -0.2) is 8.42 Å². The monoisotopic (exact) mass is 425 g/mol. The number of sulfone groups is 1. The summed E-state index contributed by atoms with van der Waals surface area (Å²) >= 11 is 0. The Balaban J connectivity index is 1.98. The number of non-ortho nitro benzene ring substituents is 1. The van der Waals surface area contributed by atoms with E-state index in [4.69, 9.17) is 4.74 Å². The van der Waals surface area contributed by atoms with Gasteiger partial charge >= 0.3 is 0 Å². The van der Waals surface area contributed by atoms with Gasteiger partial charge in [-0.3, -0.25) is 14.9 Å². The Bertz CT molecular complexity index is 867. The van der Waals surface area contributed by atoms with E-state index in [1.54, 1.807) is 11.0 Å². The number of ether oxygens (including phenoxy) is 1. The molecule has 10 heteroatoms. The third-order valence-corrected chi connectivity index (χ3v) is 7.19. The number of hydrogen-bond donors (Lipinski definition) is 0. The summed E-state index contributed by atoms with van der Waals surface area (Å²) in [5, 5.41) is 11.3. The summed E-state index contributed by atoms with van der Waals surface area (Å²) in [6.07, 6.45) is 2.00. The smallest absolute Gasteiger partial charge is 0.270 e. The van der Waals surface area contributed by atoms with Crippen molar-refractivity contribution in [1.29, 1.82) is 0 Å². The Labute approximate surface area is 170 Å². The number of nitro benzene ring substituents is 1. The summed E-state index contributed by atoms with van der Waals surface area (Å²) in [4.78, 5) is 27.9. The zero-order valence-electron chi connectivity index (χ0n) is 16.6. The number of nitrogens with zero attached hydrogens (tertiary/aromatic N) is 3. The summed E-state index contributed by atoms with van der Waals surface area (Å²) in [5.74, 6) is -0.325. The molecule has 2 aliphatic heterocycles. The minimum Gasteiger partial charge on any atom is -0.378 e.